The number of benzene rings is 9. The van der Waals surface area contributed by atoms with E-state index in [1.807, 2.05) is 42.5 Å². The van der Waals surface area contributed by atoms with Crippen LogP contribution in [0.5, 0.6) is 0 Å². The number of para-hydroxylation sites is 2. The second kappa shape index (κ2) is 20.3. The standard InChI is InChI=1S/C73H58N2O4/c1-7-49(46(2)3)21-20-48(6)74(57-34-24-51(25-35-57)68-42-55-14-8-12-18-66(55)76-68)58-36-26-53(27-37-58)70-44-64-65-45-71(79-73(65)63-17-11-10-16-62(63)72(64)78-70)54-30-40-61(41-31-54)75(59-32-22-50(23-33-59)47(4)5)60-38-28-52(29-39-60)69-43-56-15-9-13-19-67(56)77-69/h7-47H,1H2,2-6H3/b48-20+,49-21+. The molecule has 0 radical (unpaired) electrons. The van der Waals surface area contributed by atoms with Gasteiger partial charge in [-0.25, -0.2) is 0 Å². The number of nitrogens with zero attached hydrogens (tertiary/aromatic N) is 2. The Hall–Kier alpha value is -9.78. The third kappa shape index (κ3) is 9.21. The Bertz CT molecular complexity index is 4360. The van der Waals surface area contributed by atoms with Crippen molar-refractivity contribution in [1.29, 1.82) is 0 Å². The summed E-state index contributed by atoms with van der Waals surface area (Å²) < 4.78 is 26.2. The van der Waals surface area contributed by atoms with Crippen molar-refractivity contribution in [2.75, 3.05) is 9.80 Å². The lowest BCUT2D eigenvalue weighted by Gasteiger charge is -2.26. The Balaban J connectivity index is 0.831. The highest BCUT2D eigenvalue weighted by Gasteiger charge is 2.21. The van der Waals surface area contributed by atoms with Crippen LogP contribution < -0.4 is 9.80 Å². The van der Waals surface area contributed by atoms with E-state index in [1.54, 1.807) is 0 Å². The molecule has 0 aliphatic heterocycles. The number of anilines is 5. The fraction of sp³-hybridized carbons (Fsp3) is 0.0959. The molecule has 0 fully saturated rings. The van der Waals surface area contributed by atoms with Gasteiger partial charge in [-0.3, -0.25) is 0 Å². The van der Waals surface area contributed by atoms with E-state index in [0.29, 0.717) is 11.8 Å². The number of furan rings is 4. The first-order valence-corrected chi connectivity index (χ1v) is 27.1. The van der Waals surface area contributed by atoms with Crippen LogP contribution in [0.3, 0.4) is 0 Å². The molecule has 0 aliphatic carbocycles. The summed E-state index contributed by atoms with van der Waals surface area (Å²) in [6.07, 6.45) is 6.28. The molecule has 0 saturated heterocycles. The Morgan fingerprint density at radius 2 is 0.785 bits per heavy atom. The van der Waals surface area contributed by atoms with E-state index >= 15 is 0 Å². The molecule has 0 spiro atoms. The topological polar surface area (TPSA) is 59.0 Å². The highest BCUT2D eigenvalue weighted by atomic mass is 16.3. The van der Waals surface area contributed by atoms with Crippen molar-refractivity contribution in [2.24, 2.45) is 5.92 Å². The minimum Gasteiger partial charge on any atom is -0.456 e. The SMILES string of the molecule is C=C/C(=C\C=C(/C)N(c1ccc(-c2cc3ccccc3o2)cc1)c1ccc(-c2cc3c4cc(-c5ccc(N(c6ccc(-c7cc8ccccc8o7)cc6)c6ccc(C(C)C)cc6)cc5)oc4c4ccccc4c3o2)cc1)C(C)C. The van der Waals surface area contributed by atoms with Crippen molar-refractivity contribution in [3.05, 3.63) is 260 Å². The third-order valence-electron chi connectivity index (χ3n) is 15.3. The molecule has 0 unspecified atom stereocenters. The molecular formula is C73H58N2O4. The molecule has 6 nitrogen and oxygen atoms in total. The molecule has 13 aromatic rings. The predicted octanol–water partition coefficient (Wildman–Crippen LogP) is 21.9. The Morgan fingerprint density at radius 3 is 1.18 bits per heavy atom. The van der Waals surface area contributed by atoms with Crippen LogP contribution in [0.1, 0.15) is 46.1 Å². The molecule has 9 aromatic carbocycles. The zero-order valence-electron chi connectivity index (χ0n) is 44.9. The van der Waals surface area contributed by atoms with Crippen molar-refractivity contribution in [1.82, 2.24) is 0 Å². The van der Waals surface area contributed by atoms with Gasteiger partial charge in [0.1, 0.15) is 45.4 Å². The highest BCUT2D eigenvalue weighted by Crippen LogP contribution is 2.45. The summed E-state index contributed by atoms with van der Waals surface area (Å²) in [5.74, 6) is 4.03. The van der Waals surface area contributed by atoms with Crippen LogP contribution in [0.15, 0.2) is 272 Å². The Morgan fingerprint density at radius 1 is 0.405 bits per heavy atom. The van der Waals surface area contributed by atoms with Gasteiger partial charge in [-0.15, -0.1) is 0 Å². The molecule has 0 saturated carbocycles. The maximum Gasteiger partial charge on any atom is 0.143 e. The lowest BCUT2D eigenvalue weighted by atomic mass is 10.0. The van der Waals surface area contributed by atoms with Crippen LogP contribution in [-0.4, -0.2) is 0 Å². The molecule has 4 aromatic heterocycles. The van der Waals surface area contributed by atoms with Crippen LogP contribution in [0.25, 0.3) is 99.9 Å². The van der Waals surface area contributed by atoms with Gasteiger partial charge in [0.05, 0.1) is 0 Å². The fourth-order valence-corrected chi connectivity index (χ4v) is 10.9. The van der Waals surface area contributed by atoms with E-state index in [2.05, 4.69) is 245 Å². The number of allylic oxidation sites excluding steroid dienone is 5. The first-order valence-electron chi connectivity index (χ1n) is 27.1. The number of hydrogen-bond donors (Lipinski definition) is 0. The van der Waals surface area contributed by atoms with Crippen molar-refractivity contribution in [3.8, 4) is 45.3 Å². The minimum atomic E-state index is 0.349. The molecule has 4 heterocycles. The molecular weight excluding hydrogens is 969 g/mol. The largest absolute Gasteiger partial charge is 0.456 e. The van der Waals surface area contributed by atoms with Gasteiger partial charge in [-0.05, 0) is 182 Å². The number of rotatable bonds is 14. The Labute approximate surface area is 460 Å². The van der Waals surface area contributed by atoms with Crippen molar-refractivity contribution >= 4 is 83.1 Å². The fourth-order valence-electron chi connectivity index (χ4n) is 10.9. The van der Waals surface area contributed by atoms with E-state index in [0.717, 1.165) is 134 Å². The normalized spacial score (nSPS) is 12.3. The summed E-state index contributed by atoms with van der Waals surface area (Å²) >= 11 is 0. The molecule has 0 bridgehead atoms. The lowest BCUT2D eigenvalue weighted by molar-refractivity contribution is 0.631. The quantitative estimate of drug-likeness (QED) is 0.101. The zero-order chi connectivity index (χ0) is 53.7. The highest BCUT2D eigenvalue weighted by molar-refractivity contribution is 6.23. The van der Waals surface area contributed by atoms with Crippen molar-refractivity contribution in [3.63, 3.8) is 0 Å². The van der Waals surface area contributed by atoms with E-state index in [4.69, 9.17) is 17.7 Å². The first kappa shape index (κ1) is 48.8. The predicted molar refractivity (Wildman–Crippen MR) is 329 cm³/mol. The molecule has 0 aliphatic rings. The molecule has 0 atom stereocenters. The van der Waals surface area contributed by atoms with E-state index in [9.17, 15) is 0 Å². The van der Waals surface area contributed by atoms with E-state index < -0.39 is 0 Å². The van der Waals surface area contributed by atoms with E-state index in [1.165, 1.54) is 11.1 Å². The van der Waals surface area contributed by atoms with E-state index in [-0.39, 0.29) is 0 Å². The Kier molecular flexibility index (Phi) is 12.6. The summed E-state index contributed by atoms with van der Waals surface area (Å²) in [4.78, 5) is 4.58. The zero-order valence-corrected chi connectivity index (χ0v) is 44.9. The summed E-state index contributed by atoms with van der Waals surface area (Å²) in [5, 5.41) is 6.18. The molecule has 13 rings (SSSR count). The van der Waals surface area contributed by atoms with Gasteiger partial charge in [0.2, 0.25) is 0 Å². The van der Waals surface area contributed by atoms with Crippen LogP contribution in [0.2, 0.25) is 0 Å². The first-order chi connectivity index (χ1) is 38.6. The molecule has 79 heavy (non-hydrogen) atoms. The van der Waals surface area contributed by atoms with Gasteiger partial charge < -0.3 is 27.5 Å². The van der Waals surface area contributed by atoms with Crippen LogP contribution >= 0.6 is 0 Å². The molecule has 0 N–H and O–H groups in total. The summed E-state index contributed by atoms with van der Waals surface area (Å²) in [6.45, 7) is 15.1. The van der Waals surface area contributed by atoms with Gasteiger partial charge in [0, 0.05) is 88.7 Å². The van der Waals surface area contributed by atoms with Gasteiger partial charge in [0.25, 0.3) is 0 Å². The van der Waals surface area contributed by atoms with Crippen LogP contribution in [0, 0.1) is 5.92 Å². The summed E-state index contributed by atoms with van der Waals surface area (Å²) in [6, 6.07) is 76.5. The van der Waals surface area contributed by atoms with Crippen LogP contribution in [0.4, 0.5) is 28.4 Å². The summed E-state index contributed by atoms with van der Waals surface area (Å²) in [7, 11) is 0. The van der Waals surface area contributed by atoms with Gasteiger partial charge in [0.15, 0.2) is 0 Å². The van der Waals surface area contributed by atoms with Gasteiger partial charge >= 0.3 is 0 Å². The second-order valence-corrected chi connectivity index (χ2v) is 21.0. The number of fused-ring (bicyclic) bond motifs is 8. The monoisotopic (exact) mass is 1030 g/mol. The minimum absolute atomic E-state index is 0.349. The lowest BCUT2D eigenvalue weighted by Crippen LogP contribution is -2.14. The molecule has 0 amide bonds. The second-order valence-electron chi connectivity index (χ2n) is 21.0. The van der Waals surface area contributed by atoms with Crippen molar-refractivity contribution < 1.29 is 17.7 Å². The maximum absolute atomic E-state index is 6.89. The average Bonchev–Trinajstić information content (AvgIpc) is 4.49. The summed E-state index contributed by atoms with van der Waals surface area (Å²) in [5.41, 5.74) is 16.1. The third-order valence-corrected chi connectivity index (χ3v) is 15.3. The average molecular weight is 1030 g/mol. The van der Waals surface area contributed by atoms with Gasteiger partial charge in [-0.1, -0.05) is 119 Å². The maximum atomic E-state index is 6.89. The smallest absolute Gasteiger partial charge is 0.143 e. The van der Waals surface area contributed by atoms with Crippen molar-refractivity contribution in [2.45, 2.75) is 40.5 Å². The molecule has 384 valence electrons. The van der Waals surface area contributed by atoms with Gasteiger partial charge in [-0.2, -0.15) is 0 Å². The van der Waals surface area contributed by atoms with Crippen LogP contribution in [-0.2, 0) is 0 Å². The number of hydrogen-bond acceptors (Lipinski definition) is 6. The molecule has 6 heteroatoms.